The summed E-state index contributed by atoms with van der Waals surface area (Å²) < 4.78 is 2.64. The number of aromatic nitrogens is 1. The minimum atomic E-state index is -0.0808. The lowest BCUT2D eigenvalue weighted by atomic mass is 10.1. The molecule has 1 aromatic heterocycles. The Hall–Kier alpha value is -1.94. The summed E-state index contributed by atoms with van der Waals surface area (Å²) in [6.07, 6.45) is 4.68. The first-order chi connectivity index (χ1) is 9.06. The minimum absolute atomic E-state index is 0.0808. The number of aromatic hydroxyl groups is 1. The van der Waals surface area contributed by atoms with Gasteiger partial charge in [-0.2, -0.15) is 4.57 Å². The van der Waals surface area contributed by atoms with Crippen molar-refractivity contribution in [2.75, 3.05) is 0 Å². The van der Waals surface area contributed by atoms with Crippen molar-refractivity contribution in [3.05, 3.63) is 64.4 Å². The molecule has 1 aromatic carbocycles. The second-order valence-electron chi connectivity index (χ2n) is 4.12. The standard InChI is InChI=1S/C15H12BrNO2/c1-11-2-7-14(18)10-17(11)9-8-15(19)12-3-5-13(16)6-4-12/h2-10H,1H3/p+1/b9-8+. The second-order valence-corrected chi connectivity index (χ2v) is 5.04. The second kappa shape index (κ2) is 5.80. The number of carbonyl (C=O) groups excluding carboxylic acids is 1. The van der Waals surface area contributed by atoms with Gasteiger partial charge in [-0.25, -0.2) is 0 Å². The molecule has 0 amide bonds. The molecule has 0 unspecified atom stereocenters. The van der Waals surface area contributed by atoms with Crippen molar-refractivity contribution < 1.29 is 14.5 Å². The monoisotopic (exact) mass is 318 g/mol. The van der Waals surface area contributed by atoms with E-state index in [9.17, 15) is 9.90 Å². The molecule has 3 nitrogen and oxygen atoms in total. The summed E-state index contributed by atoms with van der Waals surface area (Å²) in [7, 11) is 0. The van der Waals surface area contributed by atoms with Gasteiger partial charge in [0.05, 0.1) is 6.08 Å². The Morgan fingerprint density at radius 3 is 2.58 bits per heavy atom. The highest BCUT2D eigenvalue weighted by molar-refractivity contribution is 9.10. The fourth-order valence-corrected chi connectivity index (χ4v) is 1.86. The van der Waals surface area contributed by atoms with Gasteiger partial charge in [0.1, 0.15) is 0 Å². The van der Waals surface area contributed by atoms with Gasteiger partial charge in [-0.3, -0.25) is 4.79 Å². The highest BCUT2D eigenvalue weighted by atomic mass is 79.9. The smallest absolute Gasteiger partial charge is 0.216 e. The van der Waals surface area contributed by atoms with Crippen molar-refractivity contribution in [3.8, 4) is 5.75 Å². The molecule has 1 N–H and O–H groups in total. The zero-order valence-electron chi connectivity index (χ0n) is 10.4. The maximum absolute atomic E-state index is 11.9. The van der Waals surface area contributed by atoms with Crippen molar-refractivity contribution in [2.24, 2.45) is 0 Å². The lowest BCUT2D eigenvalue weighted by molar-refractivity contribution is -0.576. The van der Waals surface area contributed by atoms with E-state index in [0.717, 1.165) is 10.2 Å². The maximum Gasteiger partial charge on any atom is 0.216 e. The molecular weight excluding hydrogens is 306 g/mol. The van der Waals surface area contributed by atoms with Crippen molar-refractivity contribution in [1.29, 1.82) is 0 Å². The van der Waals surface area contributed by atoms with Gasteiger partial charge in [-0.05, 0) is 30.3 Å². The van der Waals surface area contributed by atoms with Gasteiger partial charge in [0.25, 0.3) is 0 Å². The zero-order valence-corrected chi connectivity index (χ0v) is 12.0. The first kappa shape index (κ1) is 13.5. The van der Waals surface area contributed by atoms with E-state index in [4.69, 9.17) is 0 Å². The van der Waals surface area contributed by atoms with E-state index >= 15 is 0 Å². The molecule has 0 radical (unpaired) electrons. The highest BCUT2D eigenvalue weighted by Crippen LogP contribution is 2.11. The van der Waals surface area contributed by atoms with Crippen LogP contribution in [0.4, 0.5) is 0 Å². The van der Waals surface area contributed by atoms with Crippen molar-refractivity contribution in [3.63, 3.8) is 0 Å². The average molecular weight is 319 g/mol. The summed E-state index contributed by atoms with van der Waals surface area (Å²) in [5.74, 6) is 0.0779. The van der Waals surface area contributed by atoms with Crippen LogP contribution >= 0.6 is 15.9 Å². The SMILES string of the molecule is Cc1ccc(O)c[n+]1/C=C/C(=O)c1ccc(Br)cc1. The number of benzene rings is 1. The molecule has 0 aliphatic heterocycles. The Morgan fingerprint density at radius 1 is 1.21 bits per heavy atom. The van der Waals surface area contributed by atoms with Gasteiger partial charge in [0, 0.05) is 23.0 Å². The van der Waals surface area contributed by atoms with Crippen LogP contribution in [0.1, 0.15) is 16.1 Å². The molecule has 4 heteroatoms. The largest absolute Gasteiger partial charge is 0.503 e. The van der Waals surface area contributed by atoms with Crippen LogP contribution in [0.3, 0.4) is 0 Å². The minimum Gasteiger partial charge on any atom is -0.503 e. The van der Waals surface area contributed by atoms with E-state index in [0.29, 0.717) is 5.56 Å². The summed E-state index contributed by atoms with van der Waals surface area (Å²) in [5.41, 5.74) is 1.55. The van der Waals surface area contributed by atoms with E-state index in [1.54, 1.807) is 41.2 Å². The number of ketones is 1. The van der Waals surface area contributed by atoms with Crippen LogP contribution in [0.15, 0.2) is 53.1 Å². The van der Waals surface area contributed by atoms with E-state index in [2.05, 4.69) is 15.9 Å². The molecule has 0 fully saturated rings. The number of hydrogen-bond acceptors (Lipinski definition) is 2. The number of hydrogen-bond donors (Lipinski definition) is 1. The summed E-state index contributed by atoms with van der Waals surface area (Å²) in [6.45, 7) is 1.90. The predicted molar refractivity (Wildman–Crippen MR) is 76.8 cm³/mol. The Morgan fingerprint density at radius 2 is 1.89 bits per heavy atom. The van der Waals surface area contributed by atoms with Crippen molar-refractivity contribution in [1.82, 2.24) is 0 Å². The molecule has 0 spiro atoms. The van der Waals surface area contributed by atoms with Crippen LogP contribution < -0.4 is 4.57 Å². The molecule has 0 aliphatic rings. The number of pyridine rings is 1. The van der Waals surface area contributed by atoms with E-state index < -0.39 is 0 Å². The van der Waals surface area contributed by atoms with Gasteiger partial charge in [0.2, 0.25) is 6.20 Å². The fraction of sp³-hybridized carbons (Fsp3) is 0.0667. The Bertz CT molecular complexity index is 633. The van der Waals surface area contributed by atoms with Crippen LogP contribution in [0.25, 0.3) is 6.20 Å². The molecule has 0 saturated heterocycles. The van der Waals surface area contributed by atoms with Gasteiger partial charge < -0.3 is 5.11 Å². The number of halogens is 1. The predicted octanol–water partition coefficient (Wildman–Crippen LogP) is 3.10. The highest BCUT2D eigenvalue weighted by Gasteiger charge is 2.06. The molecule has 2 rings (SSSR count). The molecular formula is C15H13BrNO2+. The van der Waals surface area contributed by atoms with E-state index in [1.807, 2.05) is 19.1 Å². The number of rotatable bonds is 3. The lowest BCUT2D eigenvalue weighted by Crippen LogP contribution is -2.29. The van der Waals surface area contributed by atoms with E-state index in [-0.39, 0.29) is 11.5 Å². The molecule has 0 aliphatic carbocycles. The Balaban J connectivity index is 2.20. The van der Waals surface area contributed by atoms with Crippen LogP contribution in [0, 0.1) is 6.92 Å². The fourth-order valence-electron chi connectivity index (χ4n) is 1.60. The molecule has 1 heterocycles. The molecule has 96 valence electrons. The number of aryl methyl sites for hydroxylation is 1. The normalized spacial score (nSPS) is 10.8. The van der Waals surface area contributed by atoms with E-state index in [1.165, 1.54) is 6.08 Å². The number of carbonyl (C=O) groups is 1. The van der Waals surface area contributed by atoms with Gasteiger partial charge in [0.15, 0.2) is 23.4 Å². The molecule has 19 heavy (non-hydrogen) atoms. The quantitative estimate of drug-likeness (QED) is 0.536. The zero-order chi connectivity index (χ0) is 13.8. The third-order valence-electron chi connectivity index (χ3n) is 2.69. The van der Waals surface area contributed by atoms with Crippen molar-refractivity contribution in [2.45, 2.75) is 6.92 Å². The van der Waals surface area contributed by atoms with Gasteiger partial charge in [-0.15, -0.1) is 0 Å². The number of allylic oxidation sites excluding steroid dienone is 1. The average Bonchev–Trinajstić information content (AvgIpc) is 2.40. The van der Waals surface area contributed by atoms with Crippen LogP contribution in [-0.4, -0.2) is 10.9 Å². The molecule has 0 saturated carbocycles. The Labute approximate surface area is 120 Å². The molecule has 0 bridgehead atoms. The lowest BCUT2D eigenvalue weighted by Gasteiger charge is -1.96. The topological polar surface area (TPSA) is 41.2 Å². The van der Waals surface area contributed by atoms with Gasteiger partial charge in [-0.1, -0.05) is 15.9 Å². The number of nitrogens with zero attached hydrogens (tertiary/aromatic N) is 1. The molecule has 2 aromatic rings. The summed E-state index contributed by atoms with van der Waals surface area (Å²) in [5, 5.41) is 9.41. The third-order valence-corrected chi connectivity index (χ3v) is 3.22. The van der Waals surface area contributed by atoms with Crippen LogP contribution in [0.2, 0.25) is 0 Å². The molecule has 0 atom stereocenters. The van der Waals surface area contributed by atoms with Gasteiger partial charge >= 0.3 is 0 Å². The maximum atomic E-state index is 11.9. The third kappa shape index (κ3) is 3.51. The Kier molecular flexibility index (Phi) is 4.12. The van der Waals surface area contributed by atoms with Crippen molar-refractivity contribution >= 4 is 27.9 Å². The van der Waals surface area contributed by atoms with Crippen LogP contribution in [0.5, 0.6) is 5.75 Å². The first-order valence-corrected chi connectivity index (χ1v) is 6.54. The summed E-state index contributed by atoms with van der Waals surface area (Å²) >= 11 is 3.33. The summed E-state index contributed by atoms with van der Waals surface area (Å²) in [4.78, 5) is 11.9. The van der Waals surface area contributed by atoms with Crippen LogP contribution in [-0.2, 0) is 0 Å². The summed E-state index contributed by atoms with van der Waals surface area (Å²) in [6, 6.07) is 10.6. The first-order valence-electron chi connectivity index (χ1n) is 5.75.